The Balaban J connectivity index is -0.000000109. The van der Waals surface area contributed by atoms with Gasteiger partial charge < -0.3 is 21.6 Å². The van der Waals surface area contributed by atoms with Gasteiger partial charge in [0.1, 0.15) is 6.79 Å². The summed E-state index contributed by atoms with van der Waals surface area (Å²) in [5, 5.41) is 9.34. The van der Waals surface area contributed by atoms with Crippen molar-refractivity contribution in [1.29, 1.82) is 0 Å². The van der Waals surface area contributed by atoms with Crippen LogP contribution in [0.4, 0.5) is 0 Å². The molecule has 0 saturated carbocycles. The molecule has 0 aliphatic rings. The molecule has 0 aliphatic heterocycles. The van der Waals surface area contributed by atoms with Gasteiger partial charge in [0.25, 0.3) is 0 Å². The summed E-state index contributed by atoms with van der Waals surface area (Å²) in [6.45, 7) is 5.60. The van der Waals surface area contributed by atoms with E-state index in [9.17, 15) is 5.11 Å². The van der Waals surface area contributed by atoms with Gasteiger partial charge in [-0.2, -0.15) is 6.92 Å². The van der Waals surface area contributed by atoms with Crippen molar-refractivity contribution in [2.45, 2.75) is 13.8 Å². The molecule has 0 aromatic rings. The van der Waals surface area contributed by atoms with Crippen LogP contribution in [0.25, 0.3) is 0 Å². The van der Waals surface area contributed by atoms with Crippen LogP contribution in [0.5, 0.6) is 0 Å². The SMILES string of the molecule is CC(=[OH+])OC[O-].[CH2-]C.[Ca+2]. The van der Waals surface area contributed by atoms with Crippen molar-refractivity contribution < 1.29 is 14.6 Å². The topological polar surface area (TPSA) is 53.7 Å². The molecule has 0 fully saturated rings. The molecule has 0 heterocycles. The van der Waals surface area contributed by atoms with Gasteiger partial charge in [0.2, 0.25) is 0 Å². The zero-order valence-electron chi connectivity index (χ0n) is 5.89. The standard InChI is InChI=1S/C3H5O3.C2H5.Ca/c1-3(5)6-2-4;1-2;/h2H2,1H3;1H2,2H3;/q2*-1;+2/p+1. The zero-order valence-corrected chi connectivity index (χ0v) is 8.09. The number of hydrogen-bond acceptors (Lipinski definition) is 2. The first-order valence-electron chi connectivity index (χ1n) is 2.21. The second-order valence-electron chi connectivity index (χ2n) is 0.781. The van der Waals surface area contributed by atoms with E-state index in [4.69, 9.17) is 4.79 Å². The van der Waals surface area contributed by atoms with E-state index in [1.807, 2.05) is 0 Å². The largest absolute Gasteiger partial charge is 2.00 e. The van der Waals surface area contributed by atoms with Crippen molar-refractivity contribution in [3.63, 3.8) is 0 Å². The summed E-state index contributed by atoms with van der Waals surface area (Å²) in [5.41, 5.74) is 0. The van der Waals surface area contributed by atoms with Crippen LogP contribution in [-0.2, 0) is 4.74 Å². The Hall–Kier alpha value is 0.690. The second-order valence-corrected chi connectivity index (χ2v) is 0.781. The molecule has 0 aromatic heterocycles. The third-order valence-corrected chi connectivity index (χ3v) is 0.268. The molecule has 50 valence electrons. The normalized spacial score (nSPS) is 5.78. The van der Waals surface area contributed by atoms with E-state index in [1.54, 1.807) is 6.92 Å². The zero-order chi connectivity index (χ0) is 6.99. The number of ether oxygens (including phenoxy) is 1. The van der Waals surface area contributed by atoms with E-state index in [-0.39, 0.29) is 43.7 Å². The summed E-state index contributed by atoms with van der Waals surface area (Å²) in [5.74, 6) is -0.273. The maximum atomic E-state index is 9.34. The van der Waals surface area contributed by atoms with E-state index < -0.39 is 6.79 Å². The maximum absolute atomic E-state index is 9.34. The van der Waals surface area contributed by atoms with Crippen molar-refractivity contribution in [2.24, 2.45) is 0 Å². The van der Waals surface area contributed by atoms with Gasteiger partial charge in [-0.05, 0) is 0 Å². The molecule has 0 atom stereocenters. The first-order chi connectivity index (χ1) is 3.77. The van der Waals surface area contributed by atoms with Gasteiger partial charge in [0, 0.05) is 0 Å². The van der Waals surface area contributed by atoms with Crippen molar-refractivity contribution in [2.75, 3.05) is 6.79 Å². The van der Waals surface area contributed by atoms with E-state index in [1.165, 1.54) is 6.92 Å². The fraction of sp³-hybridized carbons (Fsp3) is 0.600. The number of carbonyl (C=O) groups excluding carboxylic acids is 1. The van der Waals surface area contributed by atoms with Gasteiger partial charge in [-0.15, -0.1) is 0 Å². The molecule has 0 radical (unpaired) electrons. The molecule has 0 aromatic carbocycles. The number of hydrogen-bond donors (Lipinski definition) is 0. The molecule has 0 saturated heterocycles. The summed E-state index contributed by atoms with van der Waals surface area (Å²) < 4.78 is 3.96. The van der Waals surface area contributed by atoms with Crippen LogP contribution in [0.1, 0.15) is 13.8 Å². The second kappa shape index (κ2) is 15.9. The van der Waals surface area contributed by atoms with Gasteiger partial charge in [-0.25, -0.2) is 0 Å². The molecule has 0 amide bonds. The summed E-state index contributed by atoms with van der Waals surface area (Å²) in [4.78, 5) is 8.05. The molecule has 9 heavy (non-hydrogen) atoms. The average Bonchev–Trinajstić information content (AvgIpc) is 1.72. The summed E-state index contributed by atoms with van der Waals surface area (Å²) in [7, 11) is 0. The van der Waals surface area contributed by atoms with Crippen LogP contribution in [0, 0.1) is 6.92 Å². The molecule has 1 N–H and O–H groups in total. The monoisotopic (exact) mass is 159 g/mol. The fourth-order valence-corrected chi connectivity index (χ4v) is 0.0853. The Morgan fingerprint density at radius 2 is 2.00 bits per heavy atom. The van der Waals surface area contributed by atoms with Gasteiger partial charge >= 0.3 is 43.7 Å². The predicted molar refractivity (Wildman–Crippen MR) is 35.4 cm³/mol. The summed E-state index contributed by atoms with van der Waals surface area (Å²) in [6.07, 6.45) is 0. The quantitative estimate of drug-likeness (QED) is 0.167. The Morgan fingerprint density at radius 1 is 1.67 bits per heavy atom. The Bertz CT molecular complexity index is 56.2. The van der Waals surface area contributed by atoms with E-state index in [2.05, 4.69) is 11.7 Å². The first-order valence-corrected chi connectivity index (χ1v) is 2.21. The van der Waals surface area contributed by atoms with Crippen molar-refractivity contribution in [3.05, 3.63) is 6.92 Å². The minimum Gasteiger partial charge on any atom is -0.800 e. The molecule has 0 rings (SSSR count). The molecule has 0 spiro atoms. The minimum absolute atomic E-state index is 0. The van der Waals surface area contributed by atoms with Crippen molar-refractivity contribution in [1.82, 2.24) is 0 Å². The average molecular weight is 159 g/mol. The van der Waals surface area contributed by atoms with Crippen LogP contribution < -0.4 is 5.11 Å². The van der Waals surface area contributed by atoms with Crippen LogP contribution >= 0.6 is 0 Å². The third-order valence-electron chi connectivity index (χ3n) is 0.268. The maximum Gasteiger partial charge on any atom is 2.00 e. The van der Waals surface area contributed by atoms with E-state index in [0.717, 1.165) is 0 Å². The van der Waals surface area contributed by atoms with Gasteiger partial charge in [0.05, 0.1) is 6.92 Å². The predicted octanol–water partition coefficient (Wildman–Crippen LogP) is -0.697. The Labute approximate surface area is 85.4 Å². The number of rotatable bonds is 1. The molecule has 4 heteroatoms. The third kappa shape index (κ3) is 28.6. The number of esters is 1. The van der Waals surface area contributed by atoms with E-state index >= 15 is 0 Å². The summed E-state index contributed by atoms with van der Waals surface area (Å²) in [6, 6.07) is 0. The van der Waals surface area contributed by atoms with Crippen LogP contribution in [-0.4, -0.2) is 55.3 Å². The van der Waals surface area contributed by atoms with Gasteiger partial charge in [0.15, 0.2) is 0 Å². The molecular weight excluding hydrogens is 148 g/mol. The summed E-state index contributed by atoms with van der Waals surface area (Å²) >= 11 is 0. The van der Waals surface area contributed by atoms with Crippen LogP contribution in [0.2, 0.25) is 0 Å². The first kappa shape index (κ1) is 16.3. The molecule has 0 aliphatic carbocycles. The Morgan fingerprint density at radius 3 is 2.00 bits per heavy atom. The smallest absolute Gasteiger partial charge is 0.800 e. The molecule has 0 unspecified atom stereocenters. The van der Waals surface area contributed by atoms with E-state index in [0.29, 0.717) is 0 Å². The van der Waals surface area contributed by atoms with Gasteiger partial charge in [-0.1, -0.05) is 0 Å². The molecule has 0 bridgehead atoms. The fourth-order valence-electron chi connectivity index (χ4n) is 0.0853. The van der Waals surface area contributed by atoms with Crippen molar-refractivity contribution >= 4 is 43.7 Å². The van der Waals surface area contributed by atoms with Crippen molar-refractivity contribution in [3.8, 4) is 0 Å². The Kier molecular flexibility index (Phi) is 28.8. The van der Waals surface area contributed by atoms with Crippen LogP contribution in [0.15, 0.2) is 0 Å². The molecular formula is C5H11CaO3+. The van der Waals surface area contributed by atoms with Crippen LogP contribution in [0.3, 0.4) is 0 Å². The minimum atomic E-state index is -0.706. The van der Waals surface area contributed by atoms with Gasteiger partial charge in [-0.3, -0.25) is 0 Å². The molecule has 3 nitrogen and oxygen atoms in total.